The predicted molar refractivity (Wildman–Crippen MR) is 90.2 cm³/mol. The molecule has 0 fully saturated rings. The molecular weight excluding hydrogens is 355 g/mol. The van der Waals surface area contributed by atoms with Crippen LogP contribution >= 0.6 is 11.6 Å². The normalized spacial score (nSPS) is 10.2. The van der Waals surface area contributed by atoms with Gasteiger partial charge >= 0.3 is 0 Å². The van der Waals surface area contributed by atoms with Gasteiger partial charge in [-0.25, -0.2) is 4.39 Å². The van der Waals surface area contributed by atoms with Crippen LogP contribution in [-0.4, -0.2) is 24.5 Å². The Balaban J connectivity index is 2.44. The molecule has 0 heterocycles. The Hall–Kier alpha value is -2.87. The molecule has 0 aliphatic rings. The number of hydrogen-bond donors (Lipinski definition) is 1. The summed E-state index contributed by atoms with van der Waals surface area (Å²) in [5.74, 6) is -1.08. The minimum Gasteiger partial charge on any atom is -0.493 e. The number of hydrogen-bond acceptors (Lipinski definition) is 5. The standard InChI is InChI=1S/C16H14ClFN2O5/c1-3-25-15-7-10(13(20(22)23)8-14(15)24-2)16(21)19-9-4-5-12(18)11(17)6-9/h4-8H,3H2,1-2H3,(H,19,21). The second-order valence-electron chi connectivity index (χ2n) is 4.79. The molecule has 0 bridgehead atoms. The van der Waals surface area contributed by atoms with Gasteiger partial charge < -0.3 is 14.8 Å². The molecule has 7 nitrogen and oxygen atoms in total. The van der Waals surface area contributed by atoms with Crippen molar-refractivity contribution in [2.45, 2.75) is 6.92 Å². The summed E-state index contributed by atoms with van der Waals surface area (Å²) < 4.78 is 23.6. The molecule has 0 aliphatic heterocycles. The van der Waals surface area contributed by atoms with E-state index < -0.39 is 22.3 Å². The zero-order valence-electron chi connectivity index (χ0n) is 13.3. The first kappa shape index (κ1) is 18.5. The fourth-order valence-corrected chi connectivity index (χ4v) is 2.26. The molecule has 2 aromatic rings. The van der Waals surface area contributed by atoms with Crippen LogP contribution in [0.3, 0.4) is 0 Å². The van der Waals surface area contributed by atoms with Crippen molar-refractivity contribution in [2.75, 3.05) is 19.0 Å². The summed E-state index contributed by atoms with van der Waals surface area (Å²) in [6.45, 7) is 2.00. The number of carbonyl (C=O) groups is 1. The summed E-state index contributed by atoms with van der Waals surface area (Å²) >= 11 is 5.66. The van der Waals surface area contributed by atoms with Crippen molar-refractivity contribution in [1.29, 1.82) is 0 Å². The number of rotatable bonds is 6. The van der Waals surface area contributed by atoms with Gasteiger partial charge in [-0.3, -0.25) is 14.9 Å². The number of benzene rings is 2. The number of nitro benzene ring substituents is 1. The predicted octanol–water partition coefficient (Wildman–Crippen LogP) is 4.05. The lowest BCUT2D eigenvalue weighted by molar-refractivity contribution is -0.385. The van der Waals surface area contributed by atoms with Crippen molar-refractivity contribution in [3.05, 3.63) is 56.8 Å². The van der Waals surface area contributed by atoms with Crippen molar-refractivity contribution in [3.63, 3.8) is 0 Å². The van der Waals surface area contributed by atoms with Gasteiger partial charge in [0.05, 0.1) is 29.7 Å². The van der Waals surface area contributed by atoms with E-state index in [1.807, 2.05) is 0 Å². The zero-order chi connectivity index (χ0) is 18.6. The highest BCUT2D eigenvalue weighted by Crippen LogP contribution is 2.35. The fraction of sp³-hybridized carbons (Fsp3) is 0.188. The molecule has 9 heteroatoms. The highest BCUT2D eigenvalue weighted by Gasteiger charge is 2.25. The van der Waals surface area contributed by atoms with Crippen molar-refractivity contribution in [1.82, 2.24) is 0 Å². The Morgan fingerprint density at radius 3 is 2.60 bits per heavy atom. The van der Waals surface area contributed by atoms with E-state index in [2.05, 4.69) is 5.32 Å². The van der Waals surface area contributed by atoms with Crippen LogP contribution in [0, 0.1) is 15.9 Å². The van der Waals surface area contributed by atoms with Crippen molar-refractivity contribution < 1.29 is 23.6 Å². The van der Waals surface area contributed by atoms with Crippen LogP contribution in [0.5, 0.6) is 11.5 Å². The van der Waals surface area contributed by atoms with Crippen LogP contribution in [0.25, 0.3) is 0 Å². The molecule has 0 saturated heterocycles. The van der Waals surface area contributed by atoms with Gasteiger partial charge in [0.25, 0.3) is 11.6 Å². The molecular formula is C16H14ClFN2O5. The quantitative estimate of drug-likeness (QED) is 0.613. The third-order valence-corrected chi connectivity index (χ3v) is 3.49. The maximum atomic E-state index is 13.2. The Labute approximate surface area is 147 Å². The van der Waals surface area contributed by atoms with Crippen molar-refractivity contribution in [3.8, 4) is 11.5 Å². The van der Waals surface area contributed by atoms with E-state index in [0.29, 0.717) is 0 Å². The number of carbonyl (C=O) groups excluding carboxylic acids is 1. The van der Waals surface area contributed by atoms with E-state index in [1.54, 1.807) is 6.92 Å². The lowest BCUT2D eigenvalue weighted by Crippen LogP contribution is -2.14. The average Bonchev–Trinajstić information content (AvgIpc) is 2.57. The van der Waals surface area contributed by atoms with Crippen LogP contribution in [0.15, 0.2) is 30.3 Å². The Morgan fingerprint density at radius 2 is 2.04 bits per heavy atom. The first-order chi connectivity index (χ1) is 11.9. The lowest BCUT2D eigenvalue weighted by Gasteiger charge is -2.12. The first-order valence-corrected chi connectivity index (χ1v) is 7.50. The minimum absolute atomic E-state index is 0.134. The highest BCUT2D eigenvalue weighted by molar-refractivity contribution is 6.31. The monoisotopic (exact) mass is 368 g/mol. The van der Waals surface area contributed by atoms with Gasteiger partial charge in [0.15, 0.2) is 11.5 Å². The molecule has 0 unspecified atom stereocenters. The number of ether oxygens (including phenoxy) is 2. The molecule has 1 N–H and O–H groups in total. The first-order valence-electron chi connectivity index (χ1n) is 7.13. The smallest absolute Gasteiger partial charge is 0.286 e. The Kier molecular flexibility index (Phi) is 5.76. The summed E-state index contributed by atoms with van der Waals surface area (Å²) in [4.78, 5) is 23.0. The lowest BCUT2D eigenvalue weighted by atomic mass is 10.1. The van der Waals surface area contributed by atoms with Gasteiger partial charge in [-0.15, -0.1) is 0 Å². The molecule has 0 aliphatic carbocycles. The third kappa shape index (κ3) is 4.16. The van der Waals surface area contributed by atoms with Crippen LogP contribution in [0.4, 0.5) is 15.8 Å². The van der Waals surface area contributed by atoms with Crippen LogP contribution in [-0.2, 0) is 0 Å². The highest BCUT2D eigenvalue weighted by atomic mass is 35.5. The number of nitrogens with one attached hydrogen (secondary N) is 1. The molecule has 2 aromatic carbocycles. The van der Waals surface area contributed by atoms with Crippen LogP contribution in [0.2, 0.25) is 5.02 Å². The van der Waals surface area contributed by atoms with Crippen molar-refractivity contribution in [2.24, 2.45) is 0 Å². The molecule has 2 rings (SSSR count). The zero-order valence-corrected chi connectivity index (χ0v) is 14.1. The van der Waals surface area contributed by atoms with Gasteiger partial charge in [-0.05, 0) is 25.1 Å². The Morgan fingerprint density at radius 1 is 1.32 bits per heavy atom. The van der Waals surface area contributed by atoms with Crippen molar-refractivity contribution >= 4 is 28.9 Å². The molecule has 0 spiro atoms. The number of amides is 1. The topological polar surface area (TPSA) is 90.7 Å². The molecule has 25 heavy (non-hydrogen) atoms. The van der Waals surface area contributed by atoms with E-state index in [0.717, 1.165) is 12.1 Å². The number of methoxy groups -OCH3 is 1. The second-order valence-corrected chi connectivity index (χ2v) is 5.20. The average molecular weight is 369 g/mol. The summed E-state index contributed by atoms with van der Waals surface area (Å²) in [6, 6.07) is 5.90. The summed E-state index contributed by atoms with van der Waals surface area (Å²) in [7, 11) is 1.34. The SMILES string of the molecule is CCOc1cc(C(=O)Nc2ccc(F)c(Cl)c2)c([N+](=O)[O-])cc1OC. The van der Waals surface area contributed by atoms with Gasteiger partial charge in [0, 0.05) is 11.8 Å². The number of halogens is 2. The van der Waals surface area contributed by atoms with E-state index >= 15 is 0 Å². The molecule has 0 radical (unpaired) electrons. The van der Waals surface area contributed by atoms with Crippen LogP contribution in [0.1, 0.15) is 17.3 Å². The maximum Gasteiger partial charge on any atom is 0.286 e. The van der Waals surface area contributed by atoms with Gasteiger partial charge in [-0.1, -0.05) is 11.6 Å². The number of nitrogens with zero attached hydrogens (tertiary/aromatic N) is 1. The van der Waals surface area contributed by atoms with E-state index in [9.17, 15) is 19.3 Å². The number of nitro groups is 1. The van der Waals surface area contributed by atoms with Gasteiger partial charge in [-0.2, -0.15) is 0 Å². The second kappa shape index (κ2) is 7.80. The molecule has 0 saturated carbocycles. The Bertz CT molecular complexity index is 828. The van der Waals surface area contributed by atoms with E-state index in [1.165, 1.54) is 25.3 Å². The largest absolute Gasteiger partial charge is 0.493 e. The summed E-state index contributed by atoms with van der Waals surface area (Å²) in [6.07, 6.45) is 0. The fourth-order valence-electron chi connectivity index (χ4n) is 2.08. The molecule has 132 valence electrons. The van der Waals surface area contributed by atoms with Gasteiger partial charge in [0.2, 0.25) is 0 Å². The van der Waals surface area contributed by atoms with Gasteiger partial charge in [0.1, 0.15) is 11.4 Å². The number of anilines is 1. The summed E-state index contributed by atoms with van der Waals surface area (Å²) in [5, 5.41) is 13.5. The molecule has 0 atom stereocenters. The third-order valence-electron chi connectivity index (χ3n) is 3.20. The van der Waals surface area contributed by atoms with E-state index in [4.69, 9.17) is 21.1 Å². The molecule has 1 amide bonds. The maximum absolute atomic E-state index is 13.2. The van der Waals surface area contributed by atoms with E-state index in [-0.39, 0.29) is 34.4 Å². The summed E-state index contributed by atoms with van der Waals surface area (Å²) in [5.41, 5.74) is -0.486. The minimum atomic E-state index is -0.766. The molecule has 0 aromatic heterocycles. The van der Waals surface area contributed by atoms with Crippen LogP contribution < -0.4 is 14.8 Å².